The number of carbonyl (C=O) groups is 3. The molecule has 0 aromatic heterocycles. The maximum atomic E-state index is 13.1. The van der Waals surface area contributed by atoms with Crippen molar-refractivity contribution in [3.63, 3.8) is 0 Å². The van der Waals surface area contributed by atoms with Gasteiger partial charge < -0.3 is 25.6 Å². The lowest BCUT2D eigenvalue weighted by atomic mass is 9.97. The van der Waals surface area contributed by atoms with Gasteiger partial charge in [-0.15, -0.1) is 0 Å². The van der Waals surface area contributed by atoms with E-state index in [4.69, 9.17) is 4.74 Å². The van der Waals surface area contributed by atoms with Crippen molar-refractivity contribution in [1.29, 1.82) is 0 Å². The van der Waals surface area contributed by atoms with Crippen LogP contribution in [0.4, 0.5) is 5.69 Å². The molecule has 150 valence electrons. The standard InChI is InChI=1S/C20H26N4O4/c25-17-12-28-18-14(5-1-6-15(18)23-17)20(27)24-9-3-4-13(11-24)10-22-19(26)16-7-2-8-21-16/h1,5-6,13,16,21H,2-4,7-12H2,(H,22,26)(H,23,25). The Morgan fingerprint density at radius 1 is 1.25 bits per heavy atom. The summed E-state index contributed by atoms with van der Waals surface area (Å²) in [4.78, 5) is 38.6. The third-order valence-electron chi connectivity index (χ3n) is 5.62. The summed E-state index contributed by atoms with van der Waals surface area (Å²) in [7, 11) is 0. The van der Waals surface area contributed by atoms with E-state index >= 15 is 0 Å². The maximum Gasteiger partial charge on any atom is 0.262 e. The first-order valence-corrected chi connectivity index (χ1v) is 9.98. The highest BCUT2D eigenvalue weighted by Gasteiger charge is 2.30. The molecule has 28 heavy (non-hydrogen) atoms. The largest absolute Gasteiger partial charge is 0.481 e. The van der Waals surface area contributed by atoms with Crippen molar-refractivity contribution in [3.05, 3.63) is 23.8 Å². The van der Waals surface area contributed by atoms with Crippen molar-refractivity contribution >= 4 is 23.4 Å². The highest BCUT2D eigenvalue weighted by atomic mass is 16.5. The minimum absolute atomic E-state index is 0.0576. The Morgan fingerprint density at radius 3 is 2.96 bits per heavy atom. The van der Waals surface area contributed by atoms with E-state index in [1.54, 1.807) is 18.2 Å². The zero-order valence-corrected chi connectivity index (χ0v) is 15.8. The van der Waals surface area contributed by atoms with Crippen molar-refractivity contribution in [2.75, 3.05) is 38.1 Å². The second kappa shape index (κ2) is 8.18. The van der Waals surface area contributed by atoms with Gasteiger partial charge in [-0.25, -0.2) is 0 Å². The Morgan fingerprint density at radius 2 is 2.14 bits per heavy atom. The molecule has 0 bridgehead atoms. The van der Waals surface area contributed by atoms with Crippen LogP contribution < -0.4 is 20.7 Å². The van der Waals surface area contributed by atoms with Gasteiger partial charge in [-0.1, -0.05) is 6.07 Å². The van der Waals surface area contributed by atoms with Crippen LogP contribution in [0.1, 0.15) is 36.0 Å². The summed E-state index contributed by atoms with van der Waals surface area (Å²) in [6.07, 6.45) is 3.81. The molecule has 3 amide bonds. The minimum atomic E-state index is -0.220. The average Bonchev–Trinajstić information content (AvgIpc) is 3.26. The highest BCUT2D eigenvalue weighted by molar-refractivity contribution is 6.03. The SMILES string of the molecule is O=C1COc2c(cccc2C(=O)N2CCCC(CNC(=O)C3CCCN3)C2)N1. The summed E-state index contributed by atoms with van der Waals surface area (Å²) >= 11 is 0. The molecule has 0 saturated carbocycles. The quantitative estimate of drug-likeness (QED) is 0.709. The fourth-order valence-corrected chi connectivity index (χ4v) is 4.15. The van der Waals surface area contributed by atoms with Crippen LogP contribution in [0, 0.1) is 5.92 Å². The summed E-state index contributed by atoms with van der Waals surface area (Å²) in [6.45, 7) is 2.69. The summed E-state index contributed by atoms with van der Waals surface area (Å²) in [6, 6.07) is 5.13. The number of ether oxygens (including phenoxy) is 1. The van der Waals surface area contributed by atoms with Gasteiger partial charge in [0, 0.05) is 19.6 Å². The molecule has 8 nitrogen and oxygen atoms in total. The van der Waals surface area contributed by atoms with Crippen molar-refractivity contribution < 1.29 is 19.1 Å². The second-order valence-corrected chi connectivity index (χ2v) is 7.67. The lowest BCUT2D eigenvalue weighted by Gasteiger charge is -2.33. The molecule has 3 heterocycles. The van der Waals surface area contributed by atoms with Gasteiger partial charge in [0.1, 0.15) is 0 Å². The molecule has 4 rings (SSSR count). The van der Waals surface area contributed by atoms with E-state index in [0.29, 0.717) is 36.6 Å². The number of nitrogens with zero attached hydrogens (tertiary/aromatic N) is 1. The molecule has 8 heteroatoms. The van der Waals surface area contributed by atoms with Crippen LogP contribution in [-0.4, -0.2) is 61.4 Å². The predicted molar refractivity (Wildman–Crippen MR) is 103 cm³/mol. The number of piperidine rings is 1. The lowest BCUT2D eigenvalue weighted by Crippen LogP contribution is -2.46. The monoisotopic (exact) mass is 386 g/mol. The smallest absolute Gasteiger partial charge is 0.262 e. The number of nitrogens with one attached hydrogen (secondary N) is 3. The second-order valence-electron chi connectivity index (χ2n) is 7.67. The summed E-state index contributed by atoms with van der Waals surface area (Å²) in [5, 5.41) is 8.98. The molecule has 3 aliphatic rings. The molecular weight excluding hydrogens is 360 g/mol. The van der Waals surface area contributed by atoms with Crippen LogP contribution in [-0.2, 0) is 9.59 Å². The van der Waals surface area contributed by atoms with Gasteiger partial charge in [0.05, 0.1) is 17.3 Å². The molecule has 0 aliphatic carbocycles. The number of rotatable bonds is 4. The summed E-state index contributed by atoms with van der Waals surface area (Å²) < 4.78 is 5.52. The van der Waals surface area contributed by atoms with Crippen molar-refractivity contribution in [2.45, 2.75) is 31.7 Å². The van der Waals surface area contributed by atoms with Gasteiger partial charge in [0.15, 0.2) is 12.4 Å². The highest BCUT2D eigenvalue weighted by Crippen LogP contribution is 2.33. The molecule has 2 saturated heterocycles. The van der Waals surface area contributed by atoms with Crippen LogP contribution in [0.2, 0.25) is 0 Å². The molecule has 2 atom stereocenters. The van der Waals surface area contributed by atoms with Crippen LogP contribution in [0.5, 0.6) is 5.75 Å². The van der Waals surface area contributed by atoms with Crippen LogP contribution in [0.25, 0.3) is 0 Å². The van der Waals surface area contributed by atoms with E-state index in [0.717, 1.165) is 32.2 Å². The van der Waals surface area contributed by atoms with Crippen LogP contribution in [0.3, 0.4) is 0 Å². The van der Waals surface area contributed by atoms with Gasteiger partial charge in [0.25, 0.3) is 11.8 Å². The Bertz CT molecular complexity index is 775. The third-order valence-corrected chi connectivity index (χ3v) is 5.62. The number of anilines is 1. The molecule has 0 spiro atoms. The number of carbonyl (C=O) groups excluding carboxylic acids is 3. The molecule has 2 unspecified atom stereocenters. The number of benzene rings is 1. The van der Waals surface area contributed by atoms with E-state index in [9.17, 15) is 14.4 Å². The summed E-state index contributed by atoms with van der Waals surface area (Å²) in [5.74, 6) is 0.421. The average molecular weight is 386 g/mol. The number of fused-ring (bicyclic) bond motifs is 1. The first-order valence-electron chi connectivity index (χ1n) is 9.98. The van der Waals surface area contributed by atoms with E-state index in [2.05, 4.69) is 16.0 Å². The van der Waals surface area contributed by atoms with Crippen LogP contribution in [0.15, 0.2) is 18.2 Å². The Hall–Kier alpha value is -2.61. The first-order chi connectivity index (χ1) is 13.6. The van der Waals surface area contributed by atoms with E-state index in [1.165, 1.54) is 0 Å². The third kappa shape index (κ3) is 3.96. The number of amides is 3. The normalized spacial score (nSPS) is 24.1. The molecular formula is C20H26N4O4. The topological polar surface area (TPSA) is 99.8 Å². The predicted octanol–water partition coefficient (Wildman–Crippen LogP) is 0.738. The van der Waals surface area contributed by atoms with Gasteiger partial charge >= 0.3 is 0 Å². The molecule has 3 N–H and O–H groups in total. The molecule has 1 aromatic rings. The Kier molecular flexibility index (Phi) is 5.47. The van der Waals surface area contributed by atoms with Crippen molar-refractivity contribution in [1.82, 2.24) is 15.5 Å². The minimum Gasteiger partial charge on any atom is -0.481 e. The van der Waals surface area contributed by atoms with Gasteiger partial charge in [-0.05, 0) is 50.3 Å². The van der Waals surface area contributed by atoms with E-state index in [-0.39, 0.29) is 36.3 Å². The molecule has 3 aliphatic heterocycles. The molecule has 0 radical (unpaired) electrons. The zero-order valence-electron chi connectivity index (χ0n) is 15.8. The first kappa shape index (κ1) is 18.7. The van der Waals surface area contributed by atoms with Gasteiger partial charge in [-0.2, -0.15) is 0 Å². The fourth-order valence-electron chi connectivity index (χ4n) is 4.15. The van der Waals surface area contributed by atoms with Crippen molar-refractivity contribution in [2.24, 2.45) is 5.92 Å². The Labute approximate surface area is 164 Å². The molecule has 1 aromatic carbocycles. The zero-order chi connectivity index (χ0) is 19.5. The van der Waals surface area contributed by atoms with Gasteiger partial charge in [-0.3, -0.25) is 14.4 Å². The Balaban J connectivity index is 1.38. The van der Waals surface area contributed by atoms with E-state index in [1.807, 2.05) is 4.90 Å². The lowest BCUT2D eigenvalue weighted by molar-refractivity contribution is -0.123. The van der Waals surface area contributed by atoms with Crippen LogP contribution >= 0.6 is 0 Å². The number of hydrogen-bond donors (Lipinski definition) is 3. The molecule has 2 fully saturated rings. The van der Waals surface area contributed by atoms with Crippen molar-refractivity contribution in [3.8, 4) is 5.75 Å². The number of hydrogen-bond acceptors (Lipinski definition) is 5. The fraction of sp³-hybridized carbons (Fsp3) is 0.550. The van der Waals surface area contributed by atoms with Gasteiger partial charge in [0.2, 0.25) is 5.91 Å². The number of para-hydroxylation sites is 1. The maximum absolute atomic E-state index is 13.1. The summed E-state index contributed by atoms with van der Waals surface area (Å²) in [5.41, 5.74) is 1.00. The number of likely N-dealkylation sites (tertiary alicyclic amines) is 1. The van der Waals surface area contributed by atoms with E-state index < -0.39 is 0 Å².